The van der Waals surface area contributed by atoms with Crippen LogP contribution in [0, 0.1) is 0 Å². The molecule has 0 aromatic heterocycles. The van der Waals surface area contributed by atoms with E-state index in [-0.39, 0.29) is 36.6 Å². The summed E-state index contributed by atoms with van der Waals surface area (Å²) in [7, 11) is 2.98. The molecule has 8 heteroatoms. The summed E-state index contributed by atoms with van der Waals surface area (Å²) in [4.78, 5) is 34.7. The molecule has 1 heterocycles. The van der Waals surface area contributed by atoms with Gasteiger partial charge >= 0.3 is 5.97 Å². The number of amides is 2. The van der Waals surface area contributed by atoms with Crippen molar-refractivity contribution >= 4 is 29.2 Å². The fourth-order valence-electron chi connectivity index (χ4n) is 2.17. The third-order valence-electron chi connectivity index (χ3n) is 3.28. The van der Waals surface area contributed by atoms with Gasteiger partial charge in [-0.2, -0.15) is 5.10 Å². The molecular weight excluding hydrogens is 302 g/mol. The van der Waals surface area contributed by atoms with Gasteiger partial charge in [-0.05, 0) is 23.8 Å². The predicted octanol–water partition coefficient (Wildman–Crippen LogP) is 1.08. The maximum absolute atomic E-state index is 12.2. The molecule has 2 N–H and O–H groups in total. The standard InChI is InChI=1S/C15H17N3O5/c1-18-13(19)4-3-12(17-18)14(20)16-11-6-9(8-23-2)5-10(7-11)15(21)22/h5-7H,3-4,8H2,1-2H3,(H,16,20)(H,21,22). The van der Waals surface area contributed by atoms with Crippen molar-refractivity contribution in [1.29, 1.82) is 0 Å². The number of nitrogens with zero attached hydrogens (tertiary/aromatic N) is 2. The summed E-state index contributed by atoms with van der Waals surface area (Å²) in [5.74, 6) is -1.72. The molecule has 0 saturated heterocycles. The van der Waals surface area contributed by atoms with Crippen molar-refractivity contribution < 1.29 is 24.2 Å². The molecule has 0 bridgehead atoms. The minimum Gasteiger partial charge on any atom is -0.478 e. The highest BCUT2D eigenvalue weighted by molar-refractivity contribution is 6.43. The van der Waals surface area contributed by atoms with E-state index in [4.69, 9.17) is 9.84 Å². The van der Waals surface area contributed by atoms with E-state index in [1.807, 2.05) is 0 Å². The quantitative estimate of drug-likeness (QED) is 0.844. The van der Waals surface area contributed by atoms with Crippen molar-refractivity contribution in [3.63, 3.8) is 0 Å². The third-order valence-corrected chi connectivity index (χ3v) is 3.28. The smallest absolute Gasteiger partial charge is 0.335 e. The third kappa shape index (κ3) is 4.13. The minimum atomic E-state index is -1.10. The Labute approximate surface area is 132 Å². The number of aromatic carboxylic acids is 1. The second-order valence-corrected chi connectivity index (χ2v) is 5.07. The van der Waals surface area contributed by atoms with Crippen LogP contribution < -0.4 is 5.32 Å². The van der Waals surface area contributed by atoms with Gasteiger partial charge in [-0.1, -0.05) is 0 Å². The summed E-state index contributed by atoms with van der Waals surface area (Å²) in [6.07, 6.45) is 0.464. The van der Waals surface area contributed by atoms with Gasteiger partial charge in [0.25, 0.3) is 5.91 Å². The Morgan fingerprint density at radius 1 is 1.35 bits per heavy atom. The number of rotatable bonds is 5. The maximum Gasteiger partial charge on any atom is 0.335 e. The second-order valence-electron chi connectivity index (χ2n) is 5.07. The van der Waals surface area contributed by atoms with Gasteiger partial charge in [-0.25, -0.2) is 9.80 Å². The van der Waals surface area contributed by atoms with E-state index in [0.29, 0.717) is 11.3 Å². The fraction of sp³-hybridized carbons (Fsp3) is 0.333. The first-order valence-corrected chi connectivity index (χ1v) is 6.92. The van der Waals surface area contributed by atoms with E-state index in [0.717, 1.165) is 5.01 Å². The zero-order chi connectivity index (χ0) is 17.0. The molecule has 2 amide bonds. The van der Waals surface area contributed by atoms with Crippen molar-refractivity contribution in [2.24, 2.45) is 5.10 Å². The van der Waals surface area contributed by atoms with E-state index in [9.17, 15) is 14.4 Å². The number of benzene rings is 1. The number of carbonyl (C=O) groups excluding carboxylic acids is 2. The van der Waals surface area contributed by atoms with E-state index in [1.54, 1.807) is 6.07 Å². The Morgan fingerprint density at radius 2 is 2.09 bits per heavy atom. The number of hydrogen-bond donors (Lipinski definition) is 2. The van der Waals surface area contributed by atoms with Gasteiger partial charge in [-0.15, -0.1) is 0 Å². The molecule has 0 unspecified atom stereocenters. The van der Waals surface area contributed by atoms with Crippen LogP contribution in [0.3, 0.4) is 0 Å². The number of nitrogens with one attached hydrogen (secondary N) is 1. The highest BCUT2D eigenvalue weighted by atomic mass is 16.5. The Kier molecular flexibility index (Phi) is 5.07. The van der Waals surface area contributed by atoms with E-state index < -0.39 is 11.9 Å². The summed E-state index contributed by atoms with van der Waals surface area (Å²) in [6, 6.07) is 4.47. The molecule has 0 radical (unpaired) electrons. The average molecular weight is 319 g/mol. The molecule has 0 atom stereocenters. The lowest BCUT2D eigenvalue weighted by Crippen LogP contribution is -2.34. The van der Waals surface area contributed by atoms with Gasteiger partial charge in [0, 0.05) is 32.7 Å². The number of carbonyl (C=O) groups is 3. The highest BCUT2D eigenvalue weighted by Crippen LogP contribution is 2.17. The van der Waals surface area contributed by atoms with Crippen LogP contribution >= 0.6 is 0 Å². The van der Waals surface area contributed by atoms with Crippen LogP contribution in [-0.4, -0.2) is 47.8 Å². The summed E-state index contributed by atoms with van der Waals surface area (Å²) in [5, 5.41) is 16.8. The van der Waals surface area contributed by atoms with Gasteiger partial charge in [0.1, 0.15) is 5.71 Å². The Hall–Kier alpha value is -2.74. The van der Waals surface area contributed by atoms with Crippen molar-refractivity contribution in [1.82, 2.24) is 5.01 Å². The molecule has 0 spiro atoms. The van der Waals surface area contributed by atoms with Crippen LogP contribution in [0.1, 0.15) is 28.8 Å². The van der Waals surface area contributed by atoms with Gasteiger partial charge in [-0.3, -0.25) is 9.59 Å². The van der Waals surface area contributed by atoms with E-state index in [1.165, 1.54) is 26.3 Å². The molecular formula is C15H17N3O5. The Bertz CT molecular complexity index is 684. The SMILES string of the molecule is COCc1cc(NC(=O)C2=NN(C)C(=O)CC2)cc(C(=O)O)c1. The van der Waals surface area contributed by atoms with Gasteiger partial charge in [0.05, 0.1) is 12.2 Å². The van der Waals surface area contributed by atoms with Crippen molar-refractivity contribution in [2.45, 2.75) is 19.4 Å². The zero-order valence-electron chi connectivity index (χ0n) is 12.8. The topological polar surface area (TPSA) is 108 Å². The number of hydrazone groups is 1. The molecule has 0 aliphatic carbocycles. The number of anilines is 1. The molecule has 0 fully saturated rings. The van der Waals surface area contributed by atoms with E-state index in [2.05, 4.69) is 10.4 Å². The largest absolute Gasteiger partial charge is 0.478 e. The summed E-state index contributed by atoms with van der Waals surface area (Å²) >= 11 is 0. The first kappa shape index (κ1) is 16.6. The second kappa shape index (κ2) is 7.01. The molecule has 8 nitrogen and oxygen atoms in total. The van der Waals surface area contributed by atoms with Gasteiger partial charge in [0.15, 0.2) is 0 Å². The maximum atomic E-state index is 12.2. The average Bonchev–Trinajstić information content (AvgIpc) is 2.50. The molecule has 122 valence electrons. The van der Waals surface area contributed by atoms with Crippen LogP contribution in [0.4, 0.5) is 5.69 Å². The number of hydrogen-bond acceptors (Lipinski definition) is 5. The lowest BCUT2D eigenvalue weighted by molar-refractivity contribution is -0.130. The number of ether oxygens (including phenoxy) is 1. The normalized spacial score (nSPS) is 14.4. The molecule has 1 aliphatic heterocycles. The molecule has 2 rings (SSSR count). The van der Waals surface area contributed by atoms with E-state index >= 15 is 0 Å². The predicted molar refractivity (Wildman–Crippen MR) is 82.2 cm³/mol. The molecule has 1 aliphatic rings. The number of methoxy groups -OCH3 is 1. The first-order valence-electron chi connectivity index (χ1n) is 6.92. The van der Waals surface area contributed by atoms with Crippen molar-refractivity contribution in [3.05, 3.63) is 29.3 Å². The molecule has 0 saturated carbocycles. The molecule has 1 aromatic carbocycles. The van der Waals surface area contributed by atoms with Crippen molar-refractivity contribution in [3.8, 4) is 0 Å². The van der Waals surface area contributed by atoms with Crippen LogP contribution in [0.15, 0.2) is 23.3 Å². The Morgan fingerprint density at radius 3 is 2.70 bits per heavy atom. The fourth-order valence-corrected chi connectivity index (χ4v) is 2.17. The lowest BCUT2D eigenvalue weighted by atomic mass is 10.1. The molecule has 23 heavy (non-hydrogen) atoms. The number of carboxylic acid groups (broad SMARTS) is 1. The van der Waals surface area contributed by atoms with Crippen LogP contribution in [0.2, 0.25) is 0 Å². The lowest BCUT2D eigenvalue weighted by Gasteiger charge is -2.19. The van der Waals surface area contributed by atoms with Crippen LogP contribution in [0.25, 0.3) is 0 Å². The van der Waals surface area contributed by atoms with Gasteiger partial charge < -0.3 is 15.2 Å². The molecule has 1 aromatic rings. The number of carboxylic acids is 1. The zero-order valence-corrected chi connectivity index (χ0v) is 12.8. The van der Waals surface area contributed by atoms with Crippen LogP contribution in [0.5, 0.6) is 0 Å². The Balaban J connectivity index is 2.21. The summed E-state index contributed by atoms with van der Waals surface area (Å²) < 4.78 is 4.99. The van der Waals surface area contributed by atoms with Crippen molar-refractivity contribution in [2.75, 3.05) is 19.5 Å². The summed E-state index contributed by atoms with van der Waals surface area (Å²) in [6.45, 7) is 0.224. The highest BCUT2D eigenvalue weighted by Gasteiger charge is 2.22. The first-order chi connectivity index (χ1) is 10.9. The monoisotopic (exact) mass is 319 g/mol. The minimum absolute atomic E-state index is 0.0488. The van der Waals surface area contributed by atoms with Crippen LogP contribution in [-0.2, 0) is 20.9 Å². The van der Waals surface area contributed by atoms with Gasteiger partial charge in [0.2, 0.25) is 5.91 Å². The summed E-state index contributed by atoms with van der Waals surface area (Å²) in [5.41, 5.74) is 1.23.